The summed E-state index contributed by atoms with van der Waals surface area (Å²) in [4.78, 5) is 35.6. The van der Waals surface area contributed by atoms with E-state index in [1.807, 2.05) is 0 Å². The number of hydrogen-bond donors (Lipinski definition) is 1. The van der Waals surface area contributed by atoms with Crippen molar-refractivity contribution >= 4 is 17.8 Å². The molecule has 0 bridgehead atoms. The Morgan fingerprint density at radius 2 is 1.57 bits per heavy atom. The van der Waals surface area contributed by atoms with Gasteiger partial charge < -0.3 is 9.90 Å². The average molecular weight is 310 g/mol. The molecule has 0 spiro atoms. The first-order valence-corrected chi connectivity index (χ1v) is 7.25. The molecule has 2 amide bonds. The van der Waals surface area contributed by atoms with Crippen LogP contribution in [0.3, 0.4) is 0 Å². The number of aliphatic carboxylic acids is 1. The third kappa shape index (κ3) is 3.83. The lowest BCUT2D eigenvalue weighted by molar-refractivity contribution is -0.308. The second-order valence-electron chi connectivity index (χ2n) is 5.02. The Morgan fingerprint density at radius 3 is 2.17 bits per heavy atom. The number of amides is 2. The summed E-state index contributed by atoms with van der Waals surface area (Å²) in [6, 6.07) is 14.6. The second kappa shape index (κ2) is 7.35. The number of carboxylic acid groups (broad SMARTS) is 1. The van der Waals surface area contributed by atoms with Crippen molar-refractivity contribution in [2.45, 2.75) is 19.3 Å². The van der Waals surface area contributed by atoms with Gasteiger partial charge in [-0.2, -0.15) is 0 Å². The fourth-order valence-corrected chi connectivity index (χ4v) is 2.35. The molecule has 1 atom stereocenters. The van der Waals surface area contributed by atoms with Crippen LogP contribution >= 0.6 is 0 Å². The first-order valence-electron chi connectivity index (χ1n) is 7.25. The van der Waals surface area contributed by atoms with Gasteiger partial charge in [-0.05, 0) is 30.2 Å². The predicted octanol–water partition coefficient (Wildman–Crippen LogP) is 1.50. The minimum absolute atomic E-state index is 0.160. The third-order valence-electron chi connectivity index (χ3n) is 3.54. The molecule has 0 aliphatic heterocycles. The van der Waals surface area contributed by atoms with Crippen molar-refractivity contribution in [3.8, 4) is 0 Å². The molecule has 2 aromatic rings. The number of carbonyl (C=O) groups excluding carboxylic acids is 3. The summed E-state index contributed by atoms with van der Waals surface area (Å²) < 4.78 is 0. The van der Waals surface area contributed by atoms with Crippen molar-refractivity contribution < 1.29 is 19.5 Å². The molecule has 23 heavy (non-hydrogen) atoms. The van der Waals surface area contributed by atoms with Crippen LogP contribution < -0.4 is 10.4 Å². The van der Waals surface area contributed by atoms with Crippen molar-refractivity contribution in [1.29, 1.82) is 0 Å². The van der Waals surface area contributed by atoms with E-state index in [1.165, 1.54) is 6.07 Å². The molecular weight excluding hydrogens is 294 g/mol. The Labute approximate surface area is 134 Å². The van der Waals surface area contributed by atoms with E-state index in [-0.39, 0.29) is 5.56 Å². The van der Waals surface area contributed by atoms with Crippen LogP contribution in [0.4, 0.5) is 0 Å². The van der Waals surface area contributed by atoms with E-state index < -0.39 is 23.7 Å². The summed E-state index contributed by atoms with van der Waals surface area (Å²) in [6.45, 7) is 1.70. The van der Waals surface area contributed by atoms with Crippen LogP contribution in [0.15, 0.2) is 54.6 Å². The fraction of sp³-hybridized carbons (Fsp3) is 0.167. The predicted molar refractivity (Wildman–Crippen MR) is 82.7 cm³/mol. The number of carbonyl (C=O) groups is 3. The summed E-state index contributed by atoms with van der Waals surface area (Å²) in [5.74, 6) is -3.31. The maximum atomic E-state index is 12.3. The Hall–Kier alpha value is -2.95. The molecule has 2 aromatic carbocycles. The van der Waals surface area contributed by atoms with Gasteiger partial charge in [-0.1, -0.05) is 43.3 Å². The Kier molecular flexibility index (Phi) is 5.25. The number of carboxylic acids is 1. The van der Waals surface area contributed by atoms with Crippen molar-refractivity contribution in [1.82, 2.24) is 5.32 Å². The normalized spacial score (nSPS) is 11.5. The molecule has 0 heterocycles. The SMILES string of the molecule is CCC(C(=O)[O-])c1ccccc1C(=O)NC(=O)c1ccccc1. The van der Waals surface area contributed by atoms with Crippen molar-refractivity contribution in [3.63, 3.8) is 0 Å². The minimum atomic E-state index is -1.25. The van der Waals surface area contributed by atoms with Crippen LogP contribution in [0.1, 0.15) is 45.5 Å². The van der Waals surface area contributed by atoms with Crippen LogP contribution in [0.25, 0.3) is 0 Å². The minimum Gasteiger partial charge on any atom is -0.549 e. The zero-order chi connectivity index (χ0) is 16.8. The van der Waals surface area contributed by atoms with Gasteiger partial charge in [0.25, 0.3) is 11.8 Å². The van der Waals surface area contributed by atoms with Crippen molar-refractivity contribution in [2.75, 3.05) is 0 Å². The lowest BCUT2D eigenvalue weighted by Crippen LogP contribution is -2.34. The summed E-state index contributed by atoms with van der Waals surface area (Å²) in [5.41, 5.74) is 0.853. The van der Waals surface area contributed by atoms with Gasteiger partial charge in [0.05, 0.1) is 0 Å². The molecular formula is C18H16NO4-. The largest absolute Gasteiger partial charge is 0.549 e. The van der Waals surface area contributed by atoms with E-state index in [0.29, 0.717) is 17.5 Å². The standard InChI is InChI=1S/C18H17NO4/c1-2-13(18(22)23)14-10-6-7-11-15(14)17(21)19-16(20)12-8-4-3-5-9-12/h3-11,13H,2H2,1H3,(H,22,23)(H,19,20,21)/p-1. The Bertz CT molecular complexity index is 725. The summed E-state index contributed by atoms with van der Waals surface area (Å²) in [7, 11) is 0. The molecule has 1 N–H and O–H groups in total. The van der Waals surface area contributed by atoms with E-state index in [0.717, 1.165) is 0 Å². The van der Waals surface area contributed by atoms with Gasteiger partial charge in [0.15, 0.2) is 0 Å². The third-order valence-corrected chi connectivity index (χ3v) is 3.54. The molecule has 118 valence electrons. The van der Waals surface area contributed by atoms with E-state index >= 15 is 0 Å². The van der Waals surface area contributed by atoms with Crippen molar-refractivity contribution in [3.05, 3.63) is 71.3 Å². The maximum Gasteiger partial charge on any atom is 0.258 e. The Morgan fingerprint density at radius 1 is 0.957 bits per heavy atom. The number of hydrogen-bond acceptors (Lipinski definition) is 4. The number of benzene rings is 2. The topological polar surface area (TPSA) is 86.3 Å². The van der Waals surface area contributed by atoms with E-state index in [9.17, 15) is 19.5 Å². The van der Waals surface area contributed by atoms with Gasteiger partial charge in [-0.25, -0.2) is 0 Å². The molecule has 5 nitrogen and oxygen atoms in total. The Balaban J connectivity index is 2.26. The number of rotatable bonds is 5. The first kappa shape index (κ1) is 16.4. The van der Waals surface area contributed by atoms with Crippen LogP contribution in [0, 0.1) is 0 Å². The van der Waals surface area contributed by atoms with Gasteiger partial charge in [0.2, 0.25) is 0 Å². The number of nitrogens with one attached hydrogen (secondary N) is 1. The van der Waals surface area contributed by atoms with Crippen LogP contribution in [0.2, 0.25) is 0 Å². The molecule has 0 radical (unpaired) electrons. The van der Waals surface area contributed by atoms with Crippen LogP contribution in [-0.2, 0) is 4.79 Å². The lowest BCUT2D eigenvalue weighted by Gasteiger charge is -2.19. The fourth-order valence-electron chi connectivity index (χ4n) is 2.35. The van der Waals surface area contributed by atoms with Gasteiger partial charge in [-0.15, -0.1) is 0 Å². The number of imide groups is 1. The molecule has 0 aromatic heterocycles. The maximum absolute atomic E-state index is 12.3. The van der Waals surface area contributed by atoms with Gasteiger partial charge in [-0.3, -0.25) is 14.9 Å². The summed E-state index contributed by atoms with van der Waals surface area (Å²) >= 11 is 0. The highest BCUT2D eigenvalue weighted by molar-refractivity contribution is 6.11. The van der Waals surface area contributed by atoms with Gasteiger partial charge in [0.1, 0.15) is 0 Å². The van der Waals surface area contributed by atoms with Crippen LogP contribution in [0.5, 0.6) is 0 Å². The molecule has 5 heteroatoms. The second-order valence-corrected chi connectivity index (χ2v) is 5.02. The monoisotopic (exact) mass is 310 g/mol. The highest BCUT2D eigenvalue weighted by atomic mass is 16.4. The molecule has 0 fully saturated rings. The molecule has 0 saturated carbocycles. The van der Waals surface area contributed by atoms with E-state index in [2.05, 4.69) is 5.32 Å². The van der Waals surface area contributed by atoms with E-state index in [1.54, 1.807) is 55.5 Å². The van der Waals surface area contributed by atoms with E-state index in [4.69, 9.17) is 0 Å². The smallest absolute Gasteiger partial charge is 0.258 e. The zero-order valence-electron chi connectivity index (χ0n) is 12.6. The molecule has 1 unspecified atom stereocenters. The average Bonchev–Trinajstić information content (AvgIpc) is 2.56. The molecule has 0 saturated heterocycles. The summed E-state index contributed by atoms with van der Waals surface area (Å²) in [5, 5.41) is 13.5. The summed E-state index contributed by atoms with van der Waals surface area (Å²) in [6.07, 6.45) is 0.291. The first-order chi connectivity index (χ1) is 11.0. The molecule has 0 aliphatic rings. The lowest BCUT2D eigenvalue weighted by atomic mass is 9.92. The quantitative estimate of drug-likeness (QED) is 0.848. The highest BCUT2D eigenvalue weighted by Crippen LogP contribution is 2.23. The van der Waals surface area contributed by atoms with Gasteiger partial charge >= 0.3 is 0 Å². The molecule has 2 rings (SSSR count). The molecule has 0 aliphatic carbocycles. The van der Waals surface area contributed by atoms with Gasteiger partial charge in [0, 0.05) is 23.0 Å². The van der Waals surface area contributed by atoms with Crippen molar-refractivity contribution in [2.24, 2.45) is 0 Å². The zero-order valence-corrected chi connectivity index (χ0v) is 12.6. The van der Waals surface area contributed by atoms with Crippen LogP contribution in [-0.4, -0.2) is 17.8 Å². The highest BCUT2D eigenvalue weighted by Gasteiger charge is 2.20.